The maximum Gasteiger partial charge on any atom is 0.245 e. The highest BCUT2D eigenvalue weighted by atomic mass is 16.2. The number of rotatable bonds is 3. The normalized spacial score (nSPS) is 13.2. The van der Waals surface area contributed by atoms with Gasteiger partial charge in [-0.3, -0.25) is 9.69 Å². The largest absolute Gasteiger partial charge is 0.399 e. The highest BCUT2D eigenvalue weighted by molar-refractivity contribution is 6.03. The number of aryl methyl sites for hydroxylation is 2. The number of fused-ring (bicyclic) bond motifs is 2. The van der Waals surface area contributed by atoms with Gasteiger partial charge in [-0.25, -0.2) is 0 Å². The van der Waals surface area contributed by atoms with Gasteiger partial charge >= 0.3 is 0 Å². The summed E-state index contributed by atoms with van der Waals surface area (Å²) in [5.74, 6) is 0.0445. The molecule has 1 heterocycles. The fourth-order valence-electron chi connectivity index (χ4n) is 2.92. The number of nitrogens with one attached hydrogen (secondary N) is 1. The molecule has 3 N–H and O–H groups in total. The van der Waals surface area contributed by atoms with E-state index in [0.717, 1.165) is 36.3 Å². The van der Waals surface area contributed by atoms with Gasteiger partial charge in [-0.1, -0.05) is 31.2 Å². The molecule has 0 saturated heterocycles. The molecule has 2 aromatic carbocycles. The number of hydrogen-bond donors (Lipinski definition) is 2. The molecule has 3 rings (SSSR count). The Labute approximate surface area is 130 Å². The van der Waals surface area contributed by atoms with Crippen molar-refractivity contribution in [3.8, 4) is 0 Å². The minimum atomic E-state index is 0.0445. The standard InChI is InChI=1S/C18H21N3O/c1-2-20-12-18(22)21-16-6-4-3-5-13(16)7-8-14-9-10-15(19)11-17(14)21/h3-6,9-11,20H,2,7-8,12,19H2,1H3. The molecule has 0 bridgehead atoms. The number of likely N-dealkylation sites (N-methyl/N-ethyl adjacent to an activating group) is 1. The average molecular weight is 295 g/mol. The van der Waals surface area contributed by atoms with Crippen LogP contribution in [0, 0.1) is 0 Å². The first kappa shape index (κ1) is 14.6. The quantitative estimate of drug-likeness (QED) is 0.856. The summed E-state index contributed by atoms with van der Waals surface area (Å²) in [5, 5.41) is 3.12. The fraction of sp³-hybridized carbons (Fsp3) is 0.278. The summed E-state index contributed by atoms with van der Waals surface area (Å²) in [7, 11) is 0. The summed E-state index contributed by atoms with van der Waals surface area (Å²) < 4.78 is 0. The van der Waals surface area contributed by atoms with Gasteiger partial charge in [-0.15, -0.1) is 0 Å². The van der Waals surface area contributed by atoms with E-state index in [-0.39, 0.29) is 5.91 Å². The zero-order valence-corrected chi connectivity index (χ0v) is 12.8. The second kappa shape index (κ2) is 6.20. The van der Waals surface area contributed by atoms with Crippen molar-refractivity contribution >= 4 is 23.0 Å². The number of carbonyl (C=O) groups excluding carboxylic acids is 1. The van der Waals surface area contributed by atoms with Gasteiger partial charge in [0.15, 0.2) is 0 Å². The van der Waals surface area contributed by atoms with Crippen LogP contribution in [0.25, 0.3) is 0 Å². The molecule has 1 aliphatic rings. The van der Waals surface area contributed by atoms with E-state index in [0.29, 0.717) is 12.2 Å². The molecular formula is C18H21N3O. The van der Waals surface area contributed by atoms with E-state index in [4.69, 9.17) is 5.73 Å². The van der Waals surface area contributed by atoms with Crippen molar-refractivity contribution in [2.24, 2.45) is 0 Å². The van der Waals surface area contributed by atoms with Crippen LogP contribution in [0.1, 0.15) is 18.1 Å². The third-order valence-corrected chi connectivity index (χ3v) is 4.02. The van der Waals surface area contributed by atoms with Crippen molar-refractivity contribution in [1.29, 1.82) is 0 Å². The fourth-order valence-corrected chi connectivity index (χ4v) is 2.92. The summed E-state index contributed by atoms with van der Waals surface area (Å²) in [6, 6.07) is 13.9. The number of benzene rings is 2. The molecule has 4 nitrogen and oxygen atoms in total. The molecule has 0 saturated carbocycles. The van der Waals surface area contributed by atoms with Crippen LogP contribution in [-0.4, -0.2) is 19.0 Å². The predicted molar refractivity (Wildman–Crippen MR) is 90.4 cm³/mol. The van der Waals surface area contributed by atoms with Gasteiger partial charge in [0.25, 0.3) is 0 Å². The van der Waals surface area contributed by atoms with E-state index in [2.05, 4.69) is 11.4 Å². The van der Waals surface area contributed by atoms with Gasteiger partial charge in [-0.2, -0.15) is 0 Å². The molecule has 0 aromatic heterocycles. The third kappa shape index (κ3) is 2.70. The molecule has 0 aliphatic carbocycles. The second-order valence-corrected chi connectivity index (χ2v) is 5.53. The first-order valence-corrected chi connectivity index (χ1v) is 7.70. The number of anilines is 3. The van der Waals surface area contributed by atoms with Crippen molar-refractivity contribution in [1.82, 2.24) is 5.32 Å². The Morgan fingerprint density at radius 3 is 2.64 bits per heavy atom. The number of amides is 1. The van der Waals surface area contributed by atoms with Crippen LogP contribution in [0.3, 0.4) is 0 Å². The number of carbonyl (C=O) groups is 1. The Kier molecular flexibility index (Phi) is 4.11. The van der Waals surface area contributed by atoms with Gasteiger partial charge in [0, 0.05) is 5.69 Å². The van der Waals surface area contributed by atoms with Crippen molar-refractivity contribution in [2.45, 2.75) is 19.8 Å². The highest BCUT2D eigenvalue weighted by Crippen LogP contribution is 2.37. The maximum atomic E-state index is 12.8. The molecule has 2 aromatic rings. The molecule has 0 radical (unpaired) electrons. The lowest BCUT2D eigenvalue weighted by atomic mass is 10.0. The summed E-state index contributed by atoms with van der Waals surface area (Å²) >= 11 is 0. The minimum absolute atomic E-state index is 0.0445. The number of nitrogens with two attached hydrogens (primary N) is 1. The van der Waals surface area contributed by atoms with Crippen LogP contribution in [-0.2, 0) is 17.6 Å². The van der Waals surface area contributed by atoms with E-state index >= 15 is 0 Å². The van der Waals surface area contributed by atoms with Crippen molar-refractivity contribution < 1.29 is 4.79 Å². The number of nitrogen functional groups attached to an aromatic ring is 1. The zero-order valence-electron chi connectivity index (χ0n) is 12.8. The Morgan fingerprint density at radius 2 is 1.86 bits per heavy atom. The van der Waals surface area contributed by atoms with Gasteiger partial charge in [0.1, 0.15) is 0 Å². The first-order chi connectivity index (χ1) is 10.7. The van der Waals surface area contributed by atoms with Crippen molar-refractivity contribution in [3.63, 3.8) is 0 Å². The molecule has 0 unspecified atom stereocenters. The van der Waals surface area contributed by atoms with Crippen molar-refractivity contribution in [3.05, 3.63) is 53.6 Å². The zero-order chi connectivity index (χ0) is 15.5. The van der Waals surface area contributed by atoms with Crippen LogP contribution in [0.15, 0.2) is 42.5 Å². The van der Waals surface area contributed by atoms with E-state index in [1.54, 1.807) is 0 Å². The molecule has 114 valence electrons. The lowest BCUT2D eigenvalue weighted by Crippen LogP contribution is -2.35. The predicted octanol–water partition coefficient (Wildman–Crippen LogP) is 2.64. The Balaban J connectivity index is 2.12. The maximum absolute atomic E-state index is 12.8. The minimum Gasteiger partial charge on any atom is -0.399 e. The molecule has 4 heteroatoms. The van der Waals surface area contributed by atoms with E-state index in [9.17, 15) is 4.79 Å². The molecule has 22 heavy (non-hydrogen) atoms. The van der Waals surface area contributed by atoms with Crippen LogP contribution >= 0.6 is 0 Å². The lowest BCUT2D eigenvalue weighted by molar-refractivity contribution is -0.117. The van der Waals surface area contributed by atoms with Gasteiger partial charge in [-0.05, 0) is 48.7 Å². The van der Waals surface area contributed by atoms with Crippen LogP contribution in [0.2, 0.25) is 0 Å². The Hall–Kier alpha value is -2.33. The van der Waals surface area contributed by atoms with Gasteiger partial charge < -0.3 is 11.1 Å². The summed E-state index contributed by atoms with van der Waals surface area (Å²) in [4.78, 5) is 14.6. The first-order valence-electron chi connectivity index (χ1n) is 7.70. The van der Waals surface area contributed by atoms with Crippen LogP contribution in [0.5, 0.6) is 0 Å². The van der Waals surface area contributed by atoms with Crippen LogP contribution < -0.4 is 16.0 Å². The Morgan fingerprint density at radius 1 is 1.14 bits per heavy atom. The smallest absolute Gasteiger partial charge is 0.245 e. The average Bonchev–Trinajstić information content (AvgIpc) is 2.69. The van der Waals surface area contributed by atoms with Crippen LogP contribution in [0.4, 0.5) is 17.1 Å². The third-order valence-electron chi connectivity index (χ3n) is 4.02. The topological polar surface area (TPSA) is 58.4 Å². The molecule has 0 spiro atoms. The summed E-state index contributed by atoms with van der Waals surface area (Å²) in [6.45, 7) is 3.08. The second-order valence-electron chi connectivity index (χ2n) is 5.53. The number of para-hydroxylation sites is 1. The van der Waals surface area contributed by atoms with E-state index in [1.165, 1.54) is 5.56 Å². The highest BCUT2D eigenvalue weighted by Gasteiger charge is 2.25. The van der Waals surface area contributed by atoms with Gasteiger partial charge in [0.2, 0.25) is 5.91 Å². The summed E-state index contributed by atoms with van der Waals surface area (Å²) in [6.07, 6.45) is 1.84. The molecule has 0 fully saturated rings. The molecular weight excluding hydrogens is 274 g/mol. The van der Waals surface area contributed by atoms with Crippen molar-refractivity contribution in [2.75, 3.05) is 23.7 Å². The van der Waals surface area contributed by atoms with Gasteiger partial charge in [0.05, 0.1) is 17.9 Å². The Bertz CT molecular complexity index is 696. The molecule has 1 aliphatic heterocycles. The molecule has 0 atom stereocenters. The van der Waals surface area contributed by atoms with E-state index in [1.807, 2.05) is 48.2 Å². The molecule has 1 amide bonds. The summed E-state index contributed by atoms with van der Waals surface area (Å²) in [5.41, 5.74) is 10.9. The number of hydrogen-bond acceptors (Lipinski definition) is 3. The lowest BCUT2D eigenvalue weighted by Gasteiger charge is -2.25. The SMILES string of the molecule is CCNCC(=O)N1c2ccccc2CCc2ccc(N)cc21. The number of nitrogens with zero attached hydrogens (tertiary/aromatic N) is 1. The van der Waals surface area contributed by atoms with E-state index < -0.39 is 0 Å². The monoisotopic (exact) mass is 295 g/mol.